The number of halogens is 2. The molecule has 12 heteroatoms. The Balaban J connectivity index is 1.34. The molecule has 0 aliphatic rings. The van der Waals surface area contributed by atoms with Gasteiger partial charge >= 0.3 is 6.61 Å². The highest BCUT2D eigenvalue weighted by atomic mass is 19.3. The van der Waals surface area contributed by atoms with Crippen LogP contribution in [0.3, 0.4) is 0 Å². The number of carbonyl (C=O) groups is 2. The van der Waals surface area contributed by atoms with E-state index in [4.69, 9.17) is 4.74 Å². The number of carbonyl (C=O) groups excluding carboxylic acids is 2. The summed E-state index contributed by atoms with van der Waals surface area (Å²) in [5, 5.41) is 6.27. The number of aromatic nitrogens is 3. The van der Waals surface area contributed by atoms with E-state index >= 15 is 0 Å². The first-order valence-electron chi connectivity index (χ1n) is 14.0. The fraction of sp³-hybridized carbons (Fsp3) is 0.355. The van der Waals surface area contributed by atoms with E-state index in [0.29, 0.717) is 34.5 Å². The second-order valence-corrected chi connectivity index (χ2v) is 11.1. The molecule has 0 bridgehead atoms. The van der Waals surface area contributed by atoms with E-state index in [1.54, 1.807) is 36.8 Å². The Morgan fingerprint density at radius 2 is 1.84 bits per heavy atom. The normalized spacial score (nSPS) is 12.3. The summed E-state index contributed by atoms with van der Waals surface area (Å²) in [4.78, 5) is 32.5. The van der Waals surface area contributed by atoms with E-state index in [2.05, 4.69) is 25.3 Å². The van der Waals surface area contributed by atoms with Gasteiger partial charge in [-0.3, -0.25) is 18.5 Å². The van der Waals surface area contributed by atoms with Crippen LogP contribution >= 0.6 is 0 Å². The molecule has 0 aliphatic heterocycles. The number of hydrogen-bond acceptors (Lipinski definition) is 7. The van der Waals surface area contributed by atoms with Gasteiger partial charge in [-0.15, -0.1) is 0 Å². The number of anilines is 2. The minimum absolute atomic E-state index is 0.0794. The Labute approximate surface area is 249 Å². The van der Waals surface area contributed by atoms with Crippen molar-refractivity contribution in [2.75, 3.05) is 33.0 Å². The first-order chi connectivity index (χ1) is 20.6. The minimum Gasteiger partial charge on any atom is -0.435 e. The summed E-state index contributed by atoms with van der Waals surface area (Å²) in [6, 6.07) is 11.8. The van der Waals surface area contributed by atoms with Gasteiger partial charge in [-0.05, 0) is 67.8 Å². The fourth-order valence-electron chi connectivity index (χ4n) is 4.78. The minimum atomic E-state index is -2.88. The van der Waals surface area contributed by atoms with Crippen LogP contribution in [-0.2, 0) is 9.53 Å². The van der Waals surface area contributed by atoms with Gasteiger partial charge in [-0.2, -0.15) is 8.78 Å². The largest absolute Gasteiger partial charge is 0.435 e. The van der Waals surface area contributed by atoms with Crippen LogP contribution in [0.15, 0.2) is 61.1 Å². The number of nitrogens with one attached hydrogen (secondary N) is 2. The molecule has 0 radical (unpaired) electrons. The van der Waals surface area contributed by atoms with E-state index < -0.39 is 6.61 Å². The number of fused-ring (bicyclic) bond motifs is 1. The third-order valence-electron chi connectivity index (χ3n) is 7.03. The van der Waals surface area contributed by atoms with Gasteiger partial charge in [0.25, 0.3) is 12.4 Å². The summed E-state index contributed by atoms with van der Waals surface area (Å²) in [5.74, 6) is 0.463. The SMILES string of the molecule is Cc1cc(Nc2nccn3c(-c4ccc(OC(F)F)cc4)cnc23)ccc1C(=O)NCCCCCC(OC=O)[N+](C)(C)C. The van der Waals surface area contributed by atoms with Gasteiger partial charge in [0.1, 0.15) is 5.75 Å². The number of nitrogens with zero attached hydrogens (tertiary/aromatic N) is 4. The standard InChI is InChI=1S/C31H36F2N6O4/c1-21-18-23(11-14-25(21)30(41)35-15-7-5-6-8-27(42-20-40)39(2,3)4)37-28-29-36-19-26(38(29)17-16-34-28)22-9-12-24(13-10-22)43-31(32)33/h9-14,16-20,27,31H,5-8,15H2,1-4H3,(H-,34,35,37,41)/p+1. The van der Waals surface area contributed by atoms with Crippen LogP contribution in [0, 0.1) is 6.92 Å². The van der Waals surface area contributed by atoms with Crippen LogP contribution in [0.5, 0.6) is 5.75 Å². The summed E-state index contributed by atoms with van der Waals surface area (Å²) >= 11 is 0. The smallest absolute Gasteiger partial charge is 0.387 e. The Morgan fingerprint density at radius 3 is 2.51 bits per heavy atom. The van der Waals surface area contributed by atoms with E-state index in [9.17, 15) is 18.4 Å². The van der Waals surface area contributed by atoms with E-state index in [1.807, 2.05) is 44.6 Å². The van der Waals surface area contributed by atoms with Crippen LogP contribution in [0.2, 0.25) is 0 Å². The molecule has 2 aromatic heterocycles. The van der Waals surface area contributed by atoms with Crippen molar-refractivity contribution in [3.63, 3.8) is 0 Å². The van der Waals surface area contributed by atoms with Gasteiger partial charge in [-0.25, -0.2) is 9.97 Å². The predicted octanol–water partition coefficient (Wildman–Crippen LogP) is 5.55. The molecule has 43 heavy (non-hydrogen) atoms. The zero-order valence-electron chi connectivity index (χ0n) is 24.7. The molecular weight excluding hydrogens is 558 g/mol. The van der Waals surface area contributed by atoms with Crippen LogP contribution in [0.1, 0.15) is 41.6 Å². The zero-order valence-corrected chi connectivity index (χ0v) is 24.7. The number of ether oxygens (including phenoxy) is 2. The molecule has 2 heterocycles. The molecule has 0 aliphatic carbocycles. The first-order valence-corrected chi connectivity index (χ1v) is 14.0. The lowest BCUT2D eigenvalue weighted by Crippen LogP contribution is -2.46. The molecule has 0 saturated carbocycles. The van der Waals surface area contributed by atoms with E-state index in [-0.39, 0.29) is 17.9 Å². The lowest BCUT2D eigenvalue weighted by molar-refractivity contribution is -0.916. The molecule has 1 atom stereocenters. The van der Waals surface area contributed by atoms with Gasteiger partial charge in [0.15, 0.2) is 11.5 Å². The molecular formula is C31H37F2N6O4+. The van der Waals surface area contributed by atoms with Gasteiger partial charge in [-0.1, -0.05) is 6.42 Å². The Kier molecular flexibility index (Phi) is 10.3. The number of rotatable bonds is 15. The average Bonchev–Trinajstić information content (AvgIpc) is 3.39. The number of aryl methyl sites for hydroxylation is 1. The van der Waals surface area contributed by atoms with Crippen LogP contribution < -0.4 is 15.4 Å². The second-order valence-electron chi connectivity index (χ2n) is 11.1. The molecule has 10 nitrogen and oxygen atoms in total. The van der Waals surface area contributed by atoms with Crippen LogP contribution in [0.25, 0.3) is 16.9 Å². The summed E-state index contributed by atoms with van der Waals surface area (Å²) < 4.78 is 37.0. The Bertz CT molecular complexity index is 1540. The zero-order chi connectivity index (χ0) is 31.0. The summed E-state index contributed by atoms with van der Waals surface area (Å²) in [6.45, 7) is 0.0503. The number of alkyl halides is 2. The highest BCUT2D eigenvalue weighted by Crippen LogP contribution is 2.27. The molecule has 2 aromatic carbocycles. The average molecular weight is 596 g/mol. The molecule has 4 aromatic rings. The number of unbranched alkanes of at least 4 members (excludes halogenated alkanes) is 2. The topological polar surface area (TPSA) is 107 Å². The summed E-state index contributed by atoms with van der Waals surface area (Å²) in [5.41, 5.74) is 4.25. The van der Waals surface area contributed by atoms with Crippen molar-refractivity contribution in [1.29, 1.82) is 0 Å². The van der Waals surface area contributed by atoms with E-state index in [0.717, 1.165) is 48.2 Å². The Morgan fingerprint density at radius 1 is 1.07 bits per heavy atom. The lowest BCUT2D eigenvalue weighted by atomic mass is 10.1. The maximum absolute atomic E-state index is 12.8. The monoisotopic (exact) mass is 595 g/mol. The van der Waals surface area contributed by atoms with Gasteiger partial charge < -0.3 is 20.1 Å². The number of quaternary nitrogens is 1. The lowest BCUT2D eigenvalue weighted by Gasteiger charge is -2.32. The molecule has 0 saturated heterocycles. The van der Waals surface area contributed by atoms with Crippen molar-refractivity contribution < 1.29 is 32.3 Å². The second kappa shape index (κ2) is 14.1. The maximum atomic E-state index is 12.8. The third-order valence-corrected chi connectivity index (χ3v) is 7.03. The third kappa shape index (κ3) is 8.25. The van der Waals surface area contributed by atoms with Gasteiger partial charge in [0.2, 0.25) is 6.23 Å². The van der Waals surface area contributed by atoms with Gasteiger partial charge in [0, 0.05) is 42.2 Å². The number of imidazole rings is 1. The number of benzene rings is 2. The Hall–Kier alpha value is -4.58. The molecule has 0 fully saturated rings. The van der Waals surface area contributed by atoms with Crippen LogP contribution in [0.4, 0.5) is 20.3 Å². The molecule has 1 unspecified atom stereocenters. The molecule has 0 spiro atoms. The van der Waals surface area contributed by atoms with Crippen molar-refractivity contribution in [2.45, 2.75) is 45.4 Å². The van der Waals surface area contributed by atoms with Crippen molar-refractivity contribution in [2.24, 2.45) is 0 Å². The summed E-state index contributed by atoms with van der Waals surface area (Å²) in [6.07, 6.45) is 8.30. The molecule has 2 N–H and O–H groups in total. The fourth-order valence-corrected chi connectivity index (χ4v) is 4.78. The summed E-state index contributed by atoms with van der Waals surface area (Å²) in [7, 11) is 5.97. The highest BCUT2D eigenvalue weighted by Gasteiger charge is 2.24. The van der Waals surface area contributed by atoms with Crippen molar-refractivity contribution in [3.8, 4) is 17.0 Å². The van der Waals surface area contributed by atoms with Crippen LogP contribution in [-0.4, -0.2) is 71.8 Å². The number of amides is 1. The maximum Gasteiger partial charge on any atom is 0.387 e. The van der Waals surface area contributed by atoms with Crippen molar-refractivity contribution >= 4 is 29.5 Å². The molecule has 1 amide bonds. The highest BCUT2D eigenvalue weighted by molar-refractivity contribution is 5.96. The molecule has 228 valence electrons. The number of hydrogen-bond donors (Lipinski definition) is 2. The quantitative estimate of drug-likeness (QED) is 0.0804. The van der Waals surface area contributed by atoms with E-state index in [1.165, 1.54) is 12.1 Å². The first kappa shape index (κ1) is 31.4. The van der Waals surface area contributed by atoms with Crippen molar-refractivity contribution in [1.82, 2.24) is 19.7 Å². The molecule has 4 rings (SSSR count). The van der Waals surface area contributed by atoms with Gasteiger partial charge in [0.05, 0.1) is 33.0 Å². The van der Waals surface area contributed by atoms with Crippen molar-refractivity contribution in [3.05, 3.63) is 72.2 Å². The predicted molar refractivity (Wildman–Crippen MR) is 159 cm³/mol.